The Morgan fingerprint density at radius 1 is 1.37 bits per heavy atom. The molecule has 104 valence electrons. The SMILES string of the molecule is Cc1ccc(Br)c(C(=O)NC2(CO)CCCCC2)c1. The van der Waals surface area contributed by atoms with Gasteiger partial charge in [0.1, 0.15) is 0 Å². The number of rotatable bonds is 3. The van der Waals surface area contributed by atoms with Gasteiger partial charge in [-0.05, 0) is 47.8 Å². The summed E-state index contributed by atoms with van der Waals surface area (Å²) in [6, 6.07) is 5.72. The second-order valence-electron chi connectivity index (χ2n) is 5.44. The van der Waals surface area contributed by atoms with Crippen molar-refractivity contribution in [2.45, 2.75) is 44.6 Å². The Morgan fingerprint density at radius 3 is 2.68 bits per heavy atom. The number of aliphatic hydroxyl groups excluding tert-OH is 1. The van der Waals surface area contributed by atoms with E-state index in [1.54, 1.807) is 0 Å². The van der Waals surface area contributed by atoms with Gasteiger partial charge in [-0.25, -0.2) is 0 Å². The Balaban J connectivity index is 2.17. The number of nitrogens with one attached hydrogen (secondary N) is 1. The van der Waals surface area contributed by atoms with Crippen LogP contribution in [0.2, 0.25) is 0 Å². The van der Waals surface area contributed by atoms with Gasteiger partial charge in [0, 0.05) is 4.47 Å². The Morgan fingerprint density at radius 2 is 2.05 bits per heavy atom. The highest BCUT2D eigenvalue weighted by molar-refractivity contribution is 9.10. The number of carbonyl (C=O) groups excluding carboxylic acids is 1. The lowest BCUT2D eigenvalue weighted by atomic mass is 9.82. The molecule has 19 heavy (non-hydrogen) atoms. The molecule has 1 amide bonds. The molecule has 1 aliphatic carbocycles. The normalized spacial score (nSPS) is 18.1. The summed E-state index contributed by atoms with van der Waals surface area (Å²) in [7, 11) is 0. The van der Waals surface area contributed by atoms with Crippen molar-refractivity contribution < 1.29 is 9.90 Å². The molecule has 1 aromatic rings. The molecule has 1 saturated carbocycles. The van der Waals surface area contributed by atoms with Gasteiger partial charge >= 0.3 is 0 Å². The van der Waals surface area contributed by atoms with E-state index in [2.05, 4.69) is 21.2 Å². The van der Waals surface area contributed by atoms with Crippen LogP contribution in [0.15, 0.2) is 22.7 Å². The van der Waals surface area contributed by atoms with E-state index in [0.717, 1.165) is 35.7 Å². The van der Waals surface area contributed by atoms with Gasteiger partial charge in [-0.1, -0.05) is 30.9 Å². The molecule has 0 atom stereocenters. The van der Waals surface area contributed by atoms with Crippen LogP contribution in [-0.2, 0) is 0 Å². The zero-order chi connectivity index (χ0) is 13.9. The van der Waals surface area contributed by atoms with E-state index in [-0.39, 0.29) is 12.5 Å². The van der Waals surface area contributed by atoms with Gasteiger partial charge in [0.15, 0.2) is 0 Å². The smallest absolute Gasteiger partial charge is 0.252 e. The van der Waals surface area contributed by atoms with Crippen molar-refractivity contribution in [3.63, 3.8) is 0 Å². The van der Waals surface area contributed by atoms with Crippen molar-refractivity contribution in [2.75, 3.05) is 6.61 Å². The first-order valence-corrected chi connectivity index (χ1v) is 7.55. The molecule has 1 aromatic carbocycles. The molecule has 0 aliphatic heterocycles. The predicted octanol–water partition coefficient (Wildman–Crippen LogP) is 3.18. The summed E-state index contributed by atoms with van der Waals surface area (Å²) in [6.07, 6.45) is 5.04. The van der Waals surface area contributed by atoms with Crippen LogP contribution in [0, 0.1) is 6.92 Å². The van der Waals surface area contributed by atoms with Crippen LogP contribution in [0.5, 0.6) is 0 Å². The molecule has 2 N–H and O–H groups in total. The first-order chi connectivity index (χ1) is 9.06. The maximum Gasteiger partial charge on any atom is 0.252 e. The average Bonchev–Trinajstić information content (AvgIpc) is 2.42. The van der Waals surface area contributed by atoms with E-state index in [0.29, 0.717) is 5.56 Å². The minimum absolute atomic E-state index is 0.0160. The first-order valence-electron chi connectivity index (χ1n) is 6.76. The van der Waals surface area contributed by atoms with Crippen LogP contribution in [0.3, 0.4) is 0 Å². The number of aryl methyl sites for hydroxylation is 1. The van der Waals surface area contributed by atoms with E-state index < -0.39 is 5.54 Å². The van der Waals surface area contributed by atoms with E-state index in [1.807, 2.05) is 25.1 Å². The molecule has 0 radical (unpaired) electrons. The molecule has 1 aliphatic rings. The van der Waals surface area contributed by atoms with Crippen LogP contribution in [0.4, 0.5) is 0 Å². The van der Waals surface area contributed by atoms with Crippen LogP contribution in [0.25, 0.3) is 0 Å². The van der Waals surface area contributed by atoms with E-state index >= 15 is 0 Å². The van der Waals surface area contributed by atoms with Gasteiger partial charge in [0.25, 0.3) is 5.91 Å². The summed E-state index contributed by atoms with van der Waals surface area (Å²) in [4.78, 5) is 12.4. The van der Waals surface area contributed by atoms with Crippen molar-refractivity contribution >= 4 is 21.8 Å². The van der Waals surface area contributed by atoms with E-state index in [1.165, 1.54) is 6.42 Å². The largest absolute Gasteiger partial charge is 0.394 e. The topological polar surface area (TPSA) is 49.3 Å². The van der Waals surface area contributed by atoms with Gasteiger partial charge in [-0.2, -0.15) is 0 Å². The zero-order valence-corrected chi connectivity index (χ0v) is 12.8. The Hall–Kier alpha value is -0.870. The quantitative estimate of drug-likeness (QED) is 0.896. The minimum atomic E-state index is -0.432. The van der Waals surface area contributed by atoms with Crippen LogP contribution < -0.4 is 5.32 Å². The van der Waals surface area contributed by atoms with E-state index in [4.69, 9.17) is 0 Å². The molecule has 1 fully saturated rings. The summed E-state index contributed by atoms with van der Waals surface area (Å²) < 4.78 is 0.791. The van der Waals surface area contributed by atoms with Gasteiger partial charge < -0.3 is 10.4 Å². The summed E-state index contributed by atoms with van der Waals surface area (Å²) in [6.45, 7) is 1.98. The fourth-order valence-corrected chi connectivity index (χ4v) is 3.10. The summed E-state index contributed by atoms with van der Waals surface area (Å²) >= 11 is 3.41. The highest BCUT2D eigenvalue weighted by atomic mass is 79.9. The summed E-state index contributed by atoms with van der Waals surface area (Å²) in [5.74, 6) is -0.105. The van der Waals surface area contributed by atoms with Gasteiger partial charge in [-0.3, -0.25) is 4.79 Å². The number of hydrogen-bond donors (Lipinski definition) is 2. The van der Waals surface area contributed by atoms with Crippen molar-refractivity contribution in [1.82, 2.24) is 5.32 Å². The molecule has 0 saturated heterocycles. The van der Waals surface area contributed by atoms with Gasteiger partial charge in [0.2, 0.25) is 0 Å². The average molecular weight is 326 g/mol. The fourth-order valence-electron chi connectivity index (χ4n) is 2.67. The van der Waals surface area contributed by atoms with Gasteiger partial charge in [-0.15, -0.1) is 0 Å². The first kappa shape index (κ1) is 14.5. The van der Waals surface area contributed by atoms with Crippen molar-refractivity contribution in [3.05, 3.63) is 33.8 Å². The lowest BCUT2D eigenvalue weighted by molar-refractivity contribution is 0.0758. The predicted molar refractivity (Wildman–Crippen MR) is 79.2 cm³/mol. The number of carbonyl (C=O) groups is 1. The minimum Gasteiger partial charge on any atom is -0.394 e. The second-order valence-corrected chi connectivity index (χ2v) is 6.29. The molecule has 0 unspecified atom stereocenters. The highest BCUT2D eigenvalue weighted by Gasteiger charge is 2.33. The highest BCUT2D eigenvalue weighted by Crippen LogP contribution is 2.29. The third-order valence-electron chi connectivity index (χ3n) is 3.86. The van der Waals surface area contributed by atoms with Crippen LogP contribution in [-0.4, -0.2) is 23.2 Å². The molecule has 0 heterocycles. The van der Waals surface area contributed by atoms with Crippen molar-refractivity contribution in [1.29, 1.82) is 0 Å². The maximum atomic E-state index is 12.4. The number of halogens is 1. The maximum absolute atomic E-state index is 12.4. The van der Waals surface area contributed by atoms with Gasteiger partial charge in [0.05, 0.1) is 17.7 Å². The third kappa shape index (κ3) is 3.37. The third-order valence-corrected chi connectivity index (χ3v) is 4.55. The number of amides is 1. The Kier molecular flexibility index (Phi) is 4.63. The molecule has 3 nitrogen and oxygen atoms in total. The molecule has 0 bridgehead atoms. The molecule has 0 aromatic heterocycles. The standard InChI is InChI=1S/C15H20BrNO2/c1-11-5-6-13(16)12(9-11)14(19)17-15(10-18)7-3-2-4-8-15/h5-6,9,18H,2-4,7-8,10H2,1H3,(H,17,19). The summed E-state index contributed by atoms with van der Waals surface area (Å²) in [5.41, 5.74) is 1.26. The summed E-state index contributed by atoms with van der Waals surface area (Å²) in [5, 5.41) is 12.7. The second kappa shape index (κ2) is 6.06. The van der Waals surface area contributed by atoms with Crippen molar-refractivity contribution in [3.8, 4) is 0 Å². The Labute approximate surface area is 122 Å². The molecule has 2 rings (SSSR count). The lowest BCUT2D eigenvalue weighted by Crippen LogP contribution is -2.52. The Bertz CT molecular complexity index is 467. The molecular weight excluding hydrogens is 306 g/mol. The molecule has 4 heteroatoms. The van der Waals surface area contributed by atoms with Crippen molar-refractivity contribution in [2.24, 2.45) is 0 Å². The number of aliphatic hydroxyl groups is 1. The molecular formula is C15H20BrNO2. The van der Waals surface area contributed by atoms with E-state index in [9.17, 15) is 9.90 Å². The zero-order valence-electron chi connectivity index (χ0n) is 11.2. The van der Waals surface area contributed by atoms with Crippen LogP contribution in [0.1, 0.15) is 48.0 Å². The lowest BCUT2D eigenvalue weighted by Gasteiger charge is -2.36. The monoisotopic (exact) mass is 325 g/mol. The number of benzene rings is 1. The van der Waals surface area contributed by atoms with Crippen LogP contribution >= 0.6 is 15.9 Å². The molecule has 0 spiro atoms. The number of hydrogen-bond acceptors (Lipinski definition) is 2. The fraction of sp³-hybridized carbons (Fsp3) is 0.533.